The Kier molecular flexibility index (Phi) is 6.28. The summed E-state index contributed by atoms with van der Waals surface area (Å²) < 4.78 is 4.44. The van der Waals surface area contributed by atoms with E-state index in [9.17, 15) is 0 Å². The second-order valence-corrected chi connectivity index (χ2v) is 13.2. The molecule has 8 rings (SSSR count). The van der Waals surface area contributed by atoms with E-state index in [0.717, 1.165) is 29.1 Å². The molecule has 1 unspecified atom stereocenters. The van der Waals surface area contributed by atoms with Crippen LogP contribution in [0.5, 0.6) is 0 Å². The van der Waals surface area contributed by atoms with Crippen molar-refractivity contribution in [1.82, 2.24) is 15.0 Å². The van der Waals surface area contributed by atoms with E-state index < -0.39 is 0 Å². The normalized spacial score (nSPS) is 15.4. The number of benzene rings is 4. The van der Waals surface area contributed by atoms with Gasteiger partial charge in [0.25, 0.3) is 0 Å². The van der Waals surface area contributed by atoms with Crippen LogP contribution in [-0.2, 0) is 5.41 Å². The van der Waals surface area contributed by atoms with Gasteiger partial charge in [-0.15, -0.1) is 16.4 Å². The molecule has 216 valence electrons. The molecular weight excluding hydrogens is 557 g/mol. The van der Waals surface area contributed by atoms with Gasteiger partial charge in [-0.25, -0.2) is 4.68 Å². The number of aromatic nitrogens is 4. The SMILES string of the molecule is CCC1(CC)c2sc(-n3cc(-c4ccc(-c5c6ccccc6cc6ccccc56)cc4)nn3)cc2-c2cc(C)cc[n+]2C1C. The molecule has 1 aliphatic heterocycles. The molecule has 4 nitrogen and oxygen atoms in total. The summed E-state index contributed by atoms with van der Waals surface area (Å²) in [7, 11) is 0. The molecule has 0 spiro atoms. The van der Waals surface area contributed by atoms with Crippen LogP contribution in [-0.4, -0.2) is 15.0 Å². The van der Waals surface area contributed by atoms with Crippen molar-refractivity contribution in [2.24, 2.45) is 0 Å². The van der Waals surface area contributed by atoms with Crippen molar-refractivity contribution in [1.29, 1.82) is 0 Å². The molecule has 5 heteroatoms. The fourth-order valence-corrected chi connectivity index (χ4v) is 8.98. The second kappa shape index (κ2) is 10.2. The van der Waals surface area contributed by atoms with E-state index in [2.05, 4.69) is 152 Å². The fourth-order valence-electron chi connectivity index (χ4n) is 7.48. The van der Waals surface area contributed by atoms with Gasteiger partial charge in [0.15, 0.2) is 12.2 Å². The number of hydrogen-bond acceptors (Lipinski definition) is 3. The number of pyridine rings is 1. The van der Waals surface area contributed by atoms with E-state index in [-0.39, 0.29) is 5.41 Å². The van der Waals surface area contributed by atoms with Gasteiger partial charge in [-0.2, -0.15) is 4.57 Å². The van der Waals surface area contributed by atoms with Gasteiger partial charge >= 0.3 is 0 Å². The van der Waals surface area contributed by atoms with Gasteiger partial charge < -0.3 is 0 Å². The van der Waals surface area contributed by atoms with Crippen molar-refractivity contribution in [3.8, 4) is 38.6 Å². The van der Waals surface area contributed by atoms with Gasteiger partial charge in [0.05, 0.1) is 17.2 Å². The molecule has 4 heterocycles. The van der Waals surface area contributed by atoms with Gasteiger partial charge in [-0.05, 0) is 77.1 Å². The van der Waals surface area contributed by atoms with Crippen molar-refractivity contribution in [3.63, 3.8) is 0 Å². The van der Waals surface area contributed by atoms with Gasteiger partial charge in [0.2, 0.25) is 5.69 Å². The van der Waals surface area contributed by atoms with Gasteiger partial charge in [0.1, 0.15) is 10.7 Å². The summed E-state index contributed by atoms with van der Waals surface area (Å²) >= 11 is 1.88. The number of fused-ring (bicyclic) bond motifs is 5. The van der Waals surface area contributed by atoms with E-state index in [0.29, 0.717) is 6.04 Å². The molecule has 0 saturated heterocycles. The molecule has 3 aromatic heterocycles. The Morgan fingerprint density at radius 1 is 0.818 bits per heavy atom. The van der Waals surface area contributed by atoms with Crippen LogP contribution in [0.3, 0.4) is 0 Å². The van der Waals surface area contributed by atoms with Crippen LogP contribution in [0, 0.1) is 6.92 Å². The Balaban J connectivity index is 1.18. The third-order valence-electron chi connectivity index (χ3n) is 10.0. The highest BCUT2D eigenvalue weighted by molar-refractivity contribution is 7.15. The Morgan fingerprint density at radius 3 is 2.16 bits per heavy atom. The number of rotatable bonds is 5. The lowest BCUT2D eigenvalue weighted by Crippen LogP contribution is -2.53. The summed E-state index contributed by atoms with van der Waals surface area (Å²) in [6, 6.07) is 35.7. The predicted molar refractivity (Wildman–Crippen MR) is 182 cm³/mol. The van der Waals surface area contributed by atoms with Crippen LogP contribution >= 0.6 is 11.3 Å². The average molecular weight is 592 g/mol. The Hall–Kier alpha value is -4.61. The van der Waals surface area contributed by atoms with Gasteiger partial charge in [0, 0.05) is 22.6 Å². The molecular formula is C39H35N4S+. The maximum Gasteiger partial charge on any atom is 0.214 e. The number of aryl methyl sites for hydroxylation is 1. The third-order valence-corrected chi connectivity index (χ3v) is 11.4. The average Bonchev–Trinajstić information content (AvgIpc) is 3.73. The molecule has 0 bridgehead atoms. The van der Waals surface area contributed by atoms with Crippen molar-refractivity contribution >= 4 is 32.9 Å². The van der Waals surface area contributed by atoms with Crippen LogP contribution in [0.4, 0.5) is 0 Å². The quantitative estimate of drug-likeness (QED) is 0.147. The van der Waals surface area contributed by atoms with E-state index >= 15 is 0 Å². The topological polar surface area (TPSA) is 34.6 Å². The molecule has 4 aromatic carbocycles. The largest absolute Gasteiger partial charge is 0.214 e. The highest BCUT2D eigenvalue weighted by atomic mass is 32.1. The monoisotopic (exact) mass is 591 g/mol. The summed E-state index contributed by atoms with van der Waals surface area (Å²) in [5, 5.41) is 15.4. The first kappa shape index (κ1) is 27.0. The maximum atomic E-state index is 4.64. The highest BCUT2D eigenvalue weighted by Crippen LogP contribution is 2.51. The summed E-state index contributed by atoms with van der Waals surface area (Å²) in [5.74, 6) is 0. The molecule has 0 aliphatic carbocycles. The minimum atomic E-state index is 0.0935. The Labute approximate surface area is 262 Å². The molecule has 0 radical (unpaired) electrons. The molecule has 44 heavy (non-hydrogen) atoms. The number of nitrogens with zero attached hydrogens (tertiary/aromatic N) is 4. The van der Waals surface area contributed by atoms with Crippen LogP contribution in [0.25, 0.3) is 60.2 Å². The van der Waals surface area contributed by atoms with Gasteiger partial charge in [-0.3, -0.25) is 0 Å². The first-order valence-corrected chi connectivity index (χ1v) is 16.4. The van der Waals surface area contributed by atoms with Gasteiger partial charge in [-0.1, -0.05) is 91.9 Å². The molecule has 7 aromatic rings. The number of thiophene rings is 1. The van der Waals surface area contributed by atoms with Crippen molar-refractivity contribution < 1.29 is 4.57 Å². The predicted octanol–water partition coefficient (Wildman–Crippen LogP) is 9.86. The molecule has 0 fully saturated rings. The fraction of sp³-hybridized carbons (Fsp3) is 0.205. The lowest BCUT2D eigenvalue weighted by atomic mass is 9.71. The minimum Gasteiger partial charge on any atom is -0.210 e. The smallest absolute Gasteiger partial charge is 0.210 e. The molecule has 1 aliphatic rings. The summed E-state index contributed by atoms with van der Waals surface area (Å²) in [6.07, 6.45) is 6.54. The van der Waals surface area contributed by atoms with E-state index in [1.165, 1.54) is 54.4 Å². The summed E-state index contributed by atoms with van der Waals surface area (Å²) in [4.78, 5) is 1.47. The zero-order chi connectivity index (χ0) is 30.0. The third kappa shape index (κ3) is 3.99. The first-order chi connectivity index (χ1) is 21.5. The lowest BCUT2D eigenvalue weighted by Gasteiger charge is -2.37. The highest BCUT2D eigenvalue weighted by Gasteiger charge is 2.49. The van der Waals surface area contributed by atoms with Crippen molar-refractivity contribution in [2.45, 2.75) is 52.0 Å². The first-order valence-electron chi connectivity index (χ1n) is 15.6. The molecule has 0 saturated carbocycles. The minimum absolute atomic E-state index is 0.0935. The van der Waals surface area contributed by atoms with Crippen LogP contribution < -0.4 is 4.57 Å². The maximum absolute atomic E-state index is 4.64. The van der Waals surface area contributed by atoms with E-state index in [1.807, 2.05) is 16.0 Å². The van der Waals surface area contributed by atoms with E-state index in [4.69, 9.17) is 0 Å². The zero-order valence-corrected chi connectivity index (χ0v) is 26.4. The van der Waals surface area contributed by atoms with Crippen LogP contribution in [0.2, 0.25) is 0 Å². The van der Waals surface area contributed by atoms with Crippen LogP contribution in [0.1, 0.15) is 50.1 Å². The molecule has 0 amide bonds. The Morgan fingerprint density at radius 2 is 1.48 bits per heavy atom. The second-order valence-electron chi connectivity index (χ2n) is 12.2. The summed E-state index contributed by atoms with van der Waals surface area (Å²) in [6.45, 7) is 9.23. The lowest BCUT2D eigenvalue weighted by molar-refractivity contribution is -0.721. The summed E-state index contributed by atoms with van der Waals surface area (Å²) in [5.41, 5.74) is 8.42. The molecule has 1 atom stereocenters. The van der Waals surface area contributed by atoms with Crippen LogP contribution in [0.15, 0.2) is 109 Å². The molecule has 0 N–H and O–H groups in total. The zero-order valence-electron chi connectivity index (χ0n) is 25.6. The van der Waals surface area contributed by atoms with Crippen molar-refractivity contribution in [3.05, 3.63) is 120 Å². The number of hydrogen-bond donors (Lipinski definition) is 0. The Bertz CT molecular complexity index is 2130. The van der Waals surface area contributed by atoms with E-state index in [1.54, 1.807) is 0 Å². The standard InChI is InChI=1S/C39H35N4S/c1-5-39(6-2)26(4)42-20-19-25(3)21-35(42)33-23-36(44-38(33)39)43-24-34(40-41-43)27-15-17-28(18-16-27)37-31-13-9-7-11-29(31)22-30-12-8-10-14-32(30)37/h7-24,26H,5-6H2,1-4H3/q+1. The van der Waals surface area contributed by atoms with Crippen molar-refractivity contribution in [2.75, 3.05) is 0 Å².